The number of rotatable bonds is 17. The minimum absolute atomic E-state index is 0.177. The Kier molecular flexibility index (Phi) is 16.2. The Morgan fingerprint density at radius 2 is 1.60 bits per heavy atom. The van der Waals surface area contributed by atoms with Gasteiger partial charge < -0.3 is 47.0 Å². The first kappa shape index (κ1) is 32.2. The van der Waals surface area contributed by atoms with Crippen LogP contribution < -0.4 is 5.32 Å². The molecule has 1 amide bonds. The molecular weight excluding hydrogens is 505 g/mol. The van der Waals surface area contributed by atoms with Crippen LogP contribution in [0.15, 0.2) is 12.7 Å². The lowest BCUT2D eigenvalue weighted by Crippen LogP contribution is -2.43. The average Bonchev–Trinajstić information content (AvgIpc) is 2.85. The Labute approximate surface area is 204 Å². The summed E-state index contributed by atoms with van der Waals surface area (Å²) in [5.74, 6) is 0.00181. The van der Waals surface area contributed by atoms with Crippen LogP contribution in [0.5, 0.6) is 0 Å². The molecule has 13 nitrogen and oxygen atoms in total. The lowest BCUT2D eigenvalue weighted by molar-refractivity contribution is -0.145. The van der Waals surface area contributed by atoms with Crippen molar-refractivity contribution in [3.63, 3.8) is 0 Å². The van der Waals surface area contributed by atoms with Crippen LogP contribution in [-0.4, -0.2) is 98.9 Å². The van der Waals surface area contributed by atoms with Gasteiger partial charge in [-0.05, 0) is 12.1 Å². The molecular formula is C20H30NO12PSi. The molecule has 0 bridgehead atoms. The quantitative estimate of drug-likeness (QED) is 0.0397. The first-order chi connectivity index (χ1) is 16.6. The molecule has 0 fully saturated rings. The first-order valence-corrected chi connectivity index (χ1v) is 14.2. The van der Waals surface area contributed by atoms with Gasteiger partial charge in [0.1, 0.15) is 25.8 Å². The molecule has 1 unspecified atom stereocenters. The normalized spacial score (nSPS) is 11.7. The molecule has 0 aromatic carbocycles. The highest BCUT2D eigenvalue weighted by atomic mass is 31.2. The molecule has 0 rings (SSSR count). The number of alkyl carbamates (subject to hydrolysis) is 1. The van der Waals surface area contributed by atoms with E-state index in [4.69, 9.17) is 27.5 Å². The summed E-state index contributed by atoms with van der Waals surface area (Å²) in [6.07, 6.45) is -1.05. The lowest BCUT2D eigenvalue weighted by atomic mass is 10.4. The van der Waals surface area contributed by atoms with Crippen molar-refractivity contribution < 1.29 is 56.0 Å². The number of hydrogen-bond acceptors (Lipinski definition) is 12. The number of carbonyl (C=O) groups excluding carboxylic acids is 5. The number of amides is 1. The zero-order valence-electron chi connectivity index (χ0n) is 19.8. The third-order valence-corrected chi connectivity index (χ3v) is 9.04. The van der Waals surface area contributed by atoms with Crippen LogP contribution in [0.4, 0.5) is 4.79 Å². The highest BCUT2D eigenvalue weighted by Gasteiger charge is 2.36. The summed E-state index contributed by atoms with van der Waals surface area (Å²) in [5, 5.41) is 2.48. The molecule has 0 aliphatic heterocycles. The second-order valence-corrected chi connectivity index (χ2v) is 12.4. The van der Waals surface area contributed by atoms with Crippen LogP contribution in [0.2, 0.25) is 6.04 Å². The van der Waals surface area contributed by atoms with Crippen LogP contribution in [-0.2, 0) is 51.2 Å². The molecule has 1 N–H and O–H groups in total. The second kappa shape index (κ2) is 17.6. The van der Waals surface area contributed by atoms with Crippen LogP contribution in [0.3, 0.4) is 0 Å². The van der Waals surface area contributed by atoms with Crippen LogP contribution >= 0.6 is 7.14 Å². The number of ether oxygens (including phenoxy) is 3. The Bertz CT molecular complexity index is 827. The van der Waals surface area contributed by atoms with Crippen molar-refractivity contribution in [3.8, 4) is 11.6 Å². The molecule has 0 aromatic heterocycles. The van der Waals surface area contributed by atoms with E-state index in [1.54, 1.807) is 0 Å². The minimum atomic E-state index is -3.51. The maximum Gasteiger partial charge on any atom is 0.500 e. The summed E-state index contributed by atoms with van der Waals surface area (Å²) < 4.78 is 42.9. The Morgan fingerprint density at radius 3 is 2.11 bits per heavy atom. The van der Waals surface area contributed by atoms with E-state index in [2.05, 4.69) is 17.6 Å². The van der Waals surface area contributed by atoms with E-state index < -0.39 is 65.6 Å². The molecule has 196 valence electrons. The summed E-state index contributed by atoms with van der Waals surface area (Å²) in [4.78, 5) is 56.5. The van der Waals surface area contributed by atoms with Gasteiger partial charge in [-0.1, -0.05) is 6.58 Å². The highest BCUT2D eigenvalue weighted by Crippen LogP contribution is 2.41. The van der Waals surface area contributed by atoms with E-state index >= 15 is 0 Å². The fourth-order valence-electron chi connectivity index (χ4n) is 2.35. The topological polar surface area (TPSA) is 170 Å². The van der Waals surface area contributed by atoms with E-state index in [9.17, 15) is 28.5 Å². The second-order valence-electron chi connectivity index (χ2n) is 6.61. The minimum Gasteiger partial charge on any atom is -0.458 e. The number of hydrogen-bond donors (Lipinski definition) is 1. The Morgan fingerprint density at radius 1 is 1.03 bits per heavy atom. The van der Waals surface area contributed by atoms with Crippen molar-refractivity contribution in [2.75, 3.05) is 53.4 Å². The molecule has 0 saturated carbocycles. The van der Waals surface area contributed by atoms with Crippen LogP contribution in [0, 0.1) is 11.6 Å². The van der Waals surface area contributed by atoms with Crippen molar-refractivity contribution in [2.45, 2.75) is 18.6 Å². The van der Waals surface area contributed by atoms with Gasteiger partial charge in [-0.25, -0.2) is 14.4 Å². The van der Waals surface area contributed by atoms with Gasteiger partial charge >= 0.3 is 26.8 Å². The lowest BCUT2D eigenvalue weighted by Gasteiger charge is -2.24. The first-order valence-electron chi connectivity index (χ1n) is 10.2. The number of carbonyl (C=O) groups is 5. The predicted molar refractivity (Wildman–Crippen MR) is 124 cm³/mol. The van der Waals surface area contributed by atoms with E-state index in [0.29, 0.717) is 25.0 Å². The fourth-order valence-corrected chi connectivity index (χ4v) is 5.18. The van der Waals surface area contributed by atoms with Crippen molar-refractivity contribution in [3.05, 3.63) is 12.7 Å². The molecule has 0 radical (unpaired) electrons. The highest BCUT2D eigenvalue weighted by molar-refractivity contribution is 7.70. The molecule has 0 saturated heterocycles. The van der Waals surface area contributed by atoms with E-state index in [1.807, 2.05) is 5.92 Å². The molecule has 0 heterocycles. The van der Waals surface area contributed by atoms with E-state index in [0.717, 1.165) is 6.08 Å². The van der Waals surface area contributed by atoms with Gasteiger partial charge in [-0.3, -0.25) is 0 Å². The van der Waals surface area contributed by atoms with Crippen LogP contribution in [0.1, 0.15) is 6.42 Å². The van der Waals surface area contributed by atoms with Gasteiger partial charge in [0.15, 0.2) is 13.2 Å². The summed E-state index contributed by atoms with van der Waals surface area (Å²) in [5.41, 5.74) is 2.10. The smallest absolute Gasteiger partial charge is 0.458 e. The van der Waals surface area contributed by atoms with Crippen molar-refractivity contribution in [1.29, 1.82) is 0 Å². The van der Waals surface area contributed by atoms with Crippen molar-refractivity contribution >= 4 is 46.6 Å². The molecule has 0 spiro atoms. The van der Waals surface area contributed by atoms with Gasteiger partial charge in [0.05, 0.1) is 12.3 Å². The molecule has 15 heteroatoms. The van der Waals surface area contributed by atoms with E-state index in [-0.39, 0.29) is 6.54 Å². The largest absolute Gasteiger partial charge is 0.500 e. The molecule has 35 heavy (non-hydrogen) atoms. The van der Waals surface area contributed by atoms with E-state index in [1.165, 1.54) is 21.3 Å². The van der Waals surface area contributed by atoms with Gasteiger partial charge in [-0.2, -0.15) is 0 Å². The maximum absolute atomic E-state index is 12.2. The fraction of sp³-hybridized carbons (Fsp3) is 0.550. The van der Waals surface area contributed by atoms with Gasteiger partial charge in [0.2, 0.25) is 0 Å². The zero-order valence-corrected chi connectivity index (χ0v) is 21.7. The molecule has 0 aromatic rings. The number of nitrogens with one attached hydrogen (secondary N) is 1. The third-order valence-electron chi connectivity index (χ3n) is 4.21. The summed E-state index contributed by atoms with van der Waals surface area (Å²) in [7, 11) is -1.91. The average molecular weight is 536 g/mol. The third kappa shape index (κ3) is 13.6. The Balaban J connectivity index is 4.93. The summed E-state index contributed by atoms with van der Waals surface area (Å²) >= 11 is 0. The number of aldehydes is 2. The summed E-state index contributed by atoms with van der Waals surface area (Å²) in [6, 6.07) is 0.422. The SMILES string of the molecule is C=CC(=O)OCC(COC(=O)C#CP(=O)(CC=O)CC=O)OC(=O)NCCC[Si](OC)(OC)OC. The number of esters is 2. The Hall–Kier alpha value is -2.82. The predicted octanol–water partition coefficient (Wildman–Crippen LogP) is 0.344. The molecule has 0 aliphatic rings. The van der Waals surface area contributed by atoms with Crippen LogP contribution in [0.25, 0.3) is 0 Å². The molecule has 0 aliphatic carbocycles. The standard InChI is InChI=1S/C20H30NO12PSi/c1-5-18(24)31-15-17(16-32-19(25)7-11-34(27,12-9-22)13-10-23)33-20(26)21-8-6-14-35(28-2,29-3)30-4/h5,9-10,17H,1,6,8,12-16H2,2-4H3,(H,21,26). The summed E-state index contributed by atoms with van der Waals surface area (Å²) in [6.45, 7) is 2.41. The van der Waals surface area contributed by atoms with Crippen molar-refractivity contribution in [1.82, 2.24) is 5.32 Å². The maximum atomic E-state index is 12.2. The monoisotopic (exact) mass is 535 g/mol. The van der Waals surface area contributed by atoms with Gasteiger partial charge in [0, 0.05) is 45.9 Å². The van der Waals surface area contributed by atoms with Crippen molar-refractivity contribution in [2.24, 2.45) is 0 Å². The zero-order chi connectivity index (χ0) is 26.7. The molecule has 1 atom stereocenters. The van der Waals surface area contributed by atoms with Gasteiger partial charge in [-0.15, -0.1) is 0 Å². The van der Waals surface area contributed by atoms with Gasteiger partial charge in [0.25, 0.3) is 0 Å².